The molecule has 0 aliphatic carbocycles. The second kappa shape index (κ2) is 8.91. The molecule has 1 atom stereocenters. The highest BCUT2D eigenvalue weighted by atomic mass is 16.5. The number of hydrogen-bond acceptors (Lipinski definition) is 3. The molecule has 0 saturated carbocycles. The lowest BCUT2D eigenvalue weighted by atomic mass is 9.92. The zero-order valence-corrected chi connectivity index (χ0v) is 15.4. The third-order valence-electron chi connectivity index (χ3n) is 4.62. The first-order valence-corrected chi connectivity index (χ1v) is 8.97. The number of Topliss-reactive ketones (excluding diaryl/α,β-unsaturated/α-hetero) is 1. The van der Waals surface area contributed by atoms with Crippen LogP contribution in [-0.2, 0) is 11.2 Å². The highest BCUT2D eigenvalue weighted by Gasteiger charge is 2.19. The van der Waals surface area contributed by atoms with Gasteiger partial charge in [0.1, 0.15) is 17.3 Å². The van der Waals surface area contributed by atoms with Gasteiger partial charge in [0.15, 0.2) is 0 Å². The predicted molar refractivity (Wildman–Crippen MR) is 107 cm³/mol. The van der Waals surface area contributed by atoms with Crippen LogP contribution in [0.5, 0.6) is 5.75 Å². The Balaban J connectivity index is 1.78. The van der Waals surface area contributed by atoms with E-state index >= 15 is 0 Å². The van der Waals surface area contributed by atoms with Crippen LogP contribution in [0.2, 0.25) is 0 Å². The summed E-state index contributed by atoms with van der Waals surface area (Å²) in [5.41, 5.74) is 2.20. The number of benzene rings is 2. The molecule has 3 rings (SSSR count). The molecule has 0 N–H and O–H groups in total. The molecule has 0 aliphatic rings. The molecule has 3 heteroatoms. The number of aryl methyl sites for hydroxylation is 1. The Morgan fingerprint density at radius 2 is 1.81 bits per heavy atom. The van der Waals surface area contributed by atoms with E-state index in [1.54, 1.807) is 7.11 Å². The van der Waals surface area contributed by atoms with E-state index in [-0.39, 0.29) is 11.7 Å². The minimum atomic E-state index is -0.199. The predicted octanol–water partition coefficient (Wildman–Crippen LogP) is 5.26. The largest absolute Gasteiger partial charge is 0.497 e. The van der Waals surface area contributed by atoms with Crippen LogP contribution >= 0.6 is 0 Å². The molecule has 1 aromatic heterocycles. The standard InChI is InChI=1S/C24H22O3/c1-3-21(25)17-20(10-9-18-7-5-4-6-8-18)24-16-15-23(27-24)19-11-13-22(26-2)14-12-19/h1,4-8,11-16,20H,9-10,17H2,2H3. The van der Waals surface area contributed by atoms with Gasteiger partial charge in [0.05, 0.1) is 7.11 Å². The lowest BCUT2D eigenvalue weighted by Crippen LogP contribution is -2.06. The molecule has 0 radical (unpaired) electrons. The van der Waals surface area contributed by atoms with Gasteiger partial charge in [-0.05, 0) is 60.7 Å². The second-order valence-electron chi connectivity index (χ2n) is 6.42. The smallest absolute Gasteiger partial charge is 0.205 e. The fraction of sp³-hybridized carbons (Fsp3) is 0.208. The van der Waals surface area contributed by atoms with Gasteiger partial charge in [-0.15, -0.1) is 6.42 Å². The van der Waals surface area contributed by atoms with Gasteiger partial charge >= 0.3 is 0 Å². The number of carbonyl (C=O) groups excluding carboxylic acids is 1. The number of furan rings is 1. The van der Waals surface area contributed by atoms with Gasteiger partial charge in [-0.25, -0.2) is 0 Å². The molecule has 0 fully saturated rings. The summed E-state index contributed by atoms with van der Waals surface area (Å²) in [6.07, 6.45) is 7.24. The minimum absolute atomic E-state index is 0.0410. The Bertz CT molecular complexity index is 914. The van der Waals surface area contributed by atoms with Gasteiger partial charge < -0.3 is 9.15 Å². The summed E-state index contributed by atoms with van der Waals surface area (Å²) < 4.78 is 11.3. The number of rotatable bonds is 8. The summed E-state index contributed by atoms with van der Waals surface area (Å²) in [7, 11) is 1.64. The molecule has 0 saturated heterocycles. The summed E-state index contributed by atoms with van der Waals surface area (Å²) in [5.74, 6) is 4.34. The molecular weight excluding hydrogens is 336 g/mol. The SMILES string of the molecule is C#CC(=O)CC(CCc1ccccc1)c1ccc(-c2ccc(OC)cc2)o1. The zero-order chi connectivity index (χ0) is 19.1. The molecule has 3 aromatic rings. The van der Waals surface area contributed by atoms with Crippen molar-refractivity contribution in [3.63, 3.8) is 0 Å². The van der Waals surface area contributed by atoms with Crippen molar-refractivity contribution in [2.24, 2.45) is 0 Å². The Labute approximate surface area is 160 Å². The molecule has 27 heavy (non-hydrogen) atoms. The average molecular weight is 358 g/mol. The number of carbonyl (C=O) groups is 1. The normalized spacial score (nSPS) is 11.6. The first-order chi connectivity index (χ1) is 13.2. The van der Waals surface area contributed by atoms with E-state index in [1.165, 1.54) is 5.56 Å². The van der Waals surface area contributed by atoms with E-state index in [4.69, 9.17) is 15.6 Å². The molecule has 0 amide bonds. The third-order valence-corrected chi connectivity index (χ3v) is 4.62. The quantitative estimate of drug-likeness (QED) is 0.407. The molecule has 0 bridgehead atoms. The Morgan fingerprint density at radius 3 is 2.48 bits per heavy atom. The lowest BCUT2D eigenvalue weighted by molar-refractivity contribution is -0.114. The lowest BCUT2D eigenvalue weighted by Gasteiger charge is -2.13. The van der Waals surface area contributed by atoms with E-state index in [0.29, 0.717) is 6.42 Å². The fourth-order valence-corrected chi connectivity index (χ4v) is 3.10. The van der Waals surface area contributed by atoms with E-state index in [1.807, 2.05) is 54.6 Å². The van der Waals surface area contributed by atoms with Gasteiger partial charge in [0, 0.05) is 17.9 Å². The summed E-state index contributed by atoms with van der Waals surface area (Å²) in [5, 5.41) is 0. The molecule has 1 unspecified atom stereocenters. The number of terminal acetylenes is 1. The van der Waals surface area contributed by atoms with Crippen LogP contribution in [0.1, 0.15) is 30.1 Å². The first kappa shape index (κ1) is 18.5. The van der Waals surface area contributed by atoms with Gasteiger partial charge in [-0.2, -0.15) is 0 Å². The third kappa shape index (κ3) is 4.89. The van der Waals surface area contributed by atoms with Crippen LogP contribution < -0.4 is 4.74 Å². The van der Waals surface area contributed by atoms with Crippen molar-refractivity contribution in [2.75, 3.05) is 7.11 Å². The molecule has 1 heterocycles. The maximum atomic E-state index is 11.9. The molecule has 0 spiro atoms. The molecule has 136 valence electrons. The van der Waals surface area contributed by atoms with Crippen molar-refractivity contribution < 1.29 is 13.9 Å². The van der Waals surface area contributed by atoms with Crippen LogP contribution in [0, 0.1) is 12.3 Å². The average Bonchev–Trinajstić information content (AvgIpc) is 3.21. The molecule has 0 aliphatic heterocycles. The molecular formula is C24H22O3. The van der Waals surface area contributed by atoms with Crippen molar-refractivity contribution in [3.8, 4) is 29.4 Å². The maximum Gasteiger partial charge on any atom is 0.205 e. The number of ketones is 1. The highest BCUT2D eigenvalue weighted by molar-refractivity contribution is 5.95. The summed E-state index contributed by atoms with van der Waals surface area (Å²) in [6.45, 7) is 0. The summed E-state index contributed by atoms with van der Waals surface area (Å²) in [4.78, 5) is 11.9. The van der Waals surface area contributed by atoms with Crippen LogP contribution in [0.3, 0.4) is 0 Å². The van der Waals surface area contributed by atoms with Gasteiger partial charge in [0.2, 0.25) is 5.78 Å². The number of methoxy groups -OCH3 is 1. The van der Waals surface area contributed by atoms with Gasteiger partial charge in [-0.3, -0.25) is 4.79 Å². The maximum absolute atomic E-state index is 11.9. The monoisotopic (exact) mass is 358 g/mol. The van der Waals surface area contributed by atoms with Gasteiger partial charge in [-0.1, -0.05) is 30.3 Å². The Kier molecular flexibility index (Phi) is 6.12. The van der Waals surface area contributed by atoms with Crippen LogP contribution in [0.15, 0.2) is 71.1 Å². The topological polar surface area (TPSA) is 39.4 Å². The second-order valence-corrected chi connectivity index (χ2v) is 6.42. The minimum Gasteiger partial charge on any atom is -0.497 e. The first-order valence-electron chi connectivity index (χ1n) is 8.97. The number of hydrogen-bond donors (Lipinski definition) is 0. The fourth-order valence-electron chi connectivity index (χ4n) is 3.10. The summed E-state index contributed by atoms with van der Waals surface area (Å²) in [6, 6.07) is 21.8. The van der Waals surface area contributed by atoms with Crippen LogP contribution in [0.4, 0.5) is 0 Å². The zero-order valence-electron chi connectivity index (χ0n) is 15.4. The van der Waals surface area contributed by atoms with E-state index in [9.17, 15) is 4.79 Å². The van der Waals surface area contributed by atoms with E-state index in [0.717, 1.165) is 35.7 Å². The van der Waals surface area contributed by atoms with Crippen molar-refractivity contribution >= 4 is 5.78 Å². The molecule has 3 nitrogen and oxygen atoms in total. The van der Waals surface area contributed by atoms with Crippen molar-refractivity contribution in [2.45, 2.75) is 25.2 Å². The summed E-state index contributed by atoms with van der Waals surface area (Å²) >= 11 is 0. The number of ether oxygens (including phenoxy) is 1. The highest BCUT2D eigenvalue weighted by Crippen LogP contribution is 2.31. The van der Waals surface area contributed by atoms with Gasteiger partial charge in [0.25, 0.3) is 0 Å². The van der Waals surface area contributed by atoms with Crippen molar-refractivity contribution in [1.82, 2.24) is 0 Å². The van der Waals surface area contributed by atoms with E-state index in [2.05, 4.69) is 18.1 Å². The Hall–Kier alpha value is -3.25. The van der Waals surface area contributed by atoms with Crippen molar-refractivity contribution in [1.29, 1.82) is 0 Å². The van der Waals surface area contributed by atoms with Crippen LogP contribution in [0.25, 0.3) is 11.3 Å². The van der Waals surface area contributed by atoms with Crippen molar-refractivity contribution in [3.05, 3.63) is 78.1 Å². The Morgan fingerprint density at radius 1 is 1.07 bits per heavy atom. The van der Waals surface area contributed by atoms with Crippen LogP contribution in [-0.4, -0.2) is 12.9 Å². The molecule has 2 aromatic carbocycles. The van der Waals surface area contributed by atoms with E-state index < -0.39 is 0 Å².